The van der Waals surface area contributed by atoms with E-state index < -0.39 is 12.4 Å². The molecule has 7 heteroatoms. The highest BCUT2D eigenvalue weighted by molar-refractivity contribution is 5.67. The first kappa shape index (κ1) is 29.5. The molecular formula is C28H48N2O5. The molecule has 35 heavy (non-hydrogen) atoms. The molecule has 1 amide bonds. The van der Waals surface area contributed by atoms with E-state index in [1.165, 1.54) is 83.5 Å². The minimum atomic E-state index is -0.537. The van der Waals surface area contributed by atoms with Crippen LogP contribution in [0.5, 0.6) is 0 Å². The van der Waals surface area contributed by atoms with Gasteiger partial charge in [-0.2, -0.15) is 0 Å². The third-order valence-corrected chi connectivity index (χ3v) is 6.25. The first-order valence-corrected chi connectivity index (χ1v) is 13.9. The minimum absolute atomic E-state index is 0.0590. The van der Waals surface area contributed by atoms with Crippen LogP contribution in [0.25, 0.3) is 0 Å². The Morgan fingerprint density at radius 3 is 2.23 bits per heavy atom. The standard InChI is InChI=1S/C28H48N2O5/c1-2-3-4-5-6-7-8-9-10-11-12-13-14-17-20-32-22-26-23-33-27(35-26)24-34-28(31)30-21-25-18-15-16-19-29-25/h15-16,18-19,26-27H,2-14,17,20-24H2,1H3,(H,30,31). The highest BCUT2D eigenvalue weighted by Gasteiger charge is 2.27. The van der Waals surface area contributed by atoms with Gasteiger partial charge < -0.3 is 24.3 Å². The predicted octanol–water partition coefficient (Wildman–Crippen LogP) is 6.55. The summed E-state index contributed by atoms with van der Waals surface area (Å²) < 4.78 is 22.2. The molecule has 0 aliphatic carbocycles. The Hall–Kier alpha value is -1.70. The molecule has 1 aromatic rings. The van der Waals surface area contributed by atoms with E-state index in [-0.39, 0.29) is 12.7 Å². The Labute approximate surface area is 212 Å². The zero-order valence-electron chi connectivity index (χ0n) is 21.9. The topological polar surface area (TPSA) is 78.9 Å². The highest BCUT2D eigenvalue weighted by Crippen LogP contribution is 2.14. The number of ether oxygens (including phenoxy) is 4. The summed E-state index contributed by atoms with van der Waals surface area (Å²) in [5.74, 6) is 0. The van der Waals surface area contributed by atoms with Crippen molar-refractivity contribution < 1.29 is 23.7 Å². The summed E-state index contributed by atoms with van der Waals surface area (Å²) in [6, 6.07) is 5.54. The number of hydrogen-bond acceptors (Lipinski definition) is 6. The van der Waals surface area contributed by atoms with Crippen molar-refractivity contribution in [3.8, 4) is 0 Å². The van der Waals surface area contributed by atoms with E-state index in [0.29, 0.717) is 19.8 Å². The van der Waals surface area contributed by atoms with Gasteiger partial charge in [-0.1, -0.05) is 96.5 Å². The maximum Gasteiger partial charge on any atom is 0.407 e. The number of rotatable bonds is 21. The van der Waals surface area contributed by atoms with E-state index in [1.54, 1.807) is 6.20 Å². The number of alkyl carbamates (subject to hydrolysis) is 1. The molecule has 7 nitrogen and oxygen atoms in total. The van der Waals surface area contributed by atoms with Crippen molar-refractivity contribution in [2.45, 2.75) is 116 Å². The van der Waals surface area contributed by atoms with Crippen molar-refractivity contribution in [2.75, 3.05) is 26.4 Å². The van der Waals surface area contributed by atoms with E-state index in [9.17, 15) is 4.79 Å². The van der Waals surface area contributed by atoms with Crippen LogP contribution in [0, 0.1) is 0 Å². The lowest BCUT2D eigenvalue weighted by molar-refractivity contribution is -0.0987. The lowest BCUT2D eigenvalue weighted by atomic mass is 10.0. The van der Waals surface area contributed by atoms with Crippen molar-refractivity contribution in [3.63, 3.8) is 0 Å². The monoisotopic (exact) mass is 492 g/mol. The van der Waals surface area contributed by atoms with Crippen LogP contribution in [-0.4, -0.2) is 49.9 Å². The summed E-state index contributed by atoms with van der Waals surface area (Å²) >= 11 is 0. The zero-order chi connectivity index (χ0) is 24.8. The molecule has 1 N–H and O–H groups in total. The number of carbonyl (C=O) groups excluding carboxylic acids is 1. The van der Waals surface area contributed by atoms with Gasteiger partial charge in [0.25, 0.3) is 0 Å². The van der Waals surface area contributed by atoms with Gasteiger partial charge >= 0.3 is 6.09 Å². The number of amides is 1. The highest BCUT2D eigenvalue weighted by atomic mass is 16.7. The third kappa shape index (κ3) is 15.8. The Balaban J connectivity index is 1.31. The normalized spacial score (nSPS) is 17.5. The second-order valence-electron chi connectivity index (χ2n) is 9.47. The largest absolute Gasteiger partial charge is 0.444 e. The van der Waals surface area contributed by atoms with Gasteiger partial charge in [-0.25, -0.2) is 4.79 Å². The molecule has 0 saturated carbocycles. The van der Waals surface area contributed by atoms with Gasteiger partial charge in [0.1, 0.15) is 12.7 Å². The van der Waals surface area contributed by atoms with Gasteiger partial charge in [-0.3, -0.25) is 4.98 Å². The van der Waals surface area contributed by atoms with Gasteiger partial charge in [0.05, 0.1) is 25.5 Å². The van der Waals surface area contributed by atoms with Crippen molar-refractivity contribution in [1.29, 1.82) is 0 Å². The zero-order valence-corrected chi connectivity index (χ0v) is 21.9. The molecule has 200 valence electrons. The Bertz CT molecular complexity index is 631. The molecule has 1 fully saturated rings. The van der Waals surface area contributed by atoms with Crippen LogP contribution in [0.1, 0.15) is 103 Å². The first-order chi connectivity index (χ1) is 17.3. The van der Waals surface area contributed by atoms with Gasteiger partial charge in [0.15, 0.2) is 6.29 Å². The average molecular weight is 493 g/mol. The number of aromatic nitrogens is 1. The van der Waals surface area contributed by atoms with Crippen LogP contribution < -0.4 is 5.32 Å². The molecule has 0 aromatic carbocycles. The third-order valence-electron chi connectivity index (χ3n) is 6.25. The summed E-state index contributed by atoms with van der Waals surface area (Å²) in [4.78, 5) is 15.9. The summed E-state index contributed by atoms with van der Waals surface area (Å²) in [7, 11) is 0. The first-order valence-electron chi connectivity index (χ1n) is 13.9. The van der Waals surface area contributed by atoms with E-state index in [0.717, 1.165) is 18.7 Å². The van der Waals surface area contributed by atoms with Crippen molar-refractivity contribution in [1.82, 2.24) is 10.3 Å². The summed E-state index contributed by atoms with van der Waals surface area (Å²) in [6.07, 6.45) is 19.5. The molecule has 2 heterocycles. The molecule has 1 aliphatic rings. The van der Waals surface area contributed by atoms with Crippen molar-refractivity contribution in [2.24, 2.45) is 0 Å². The SMILES string of the molecule is CCCCCCCCCCCCCCCCOCC1COC(COC(=O)NCc2ccccn2)O1. The average Bonchev–Trinajstić information content (AvgIpc) is 3.34. The number of nitrogens with one attached hydrogen (secondary N) is 1. The molecule has 2 atom stereocenters. The van der Waals surface area contributed by atoms with Gasteiger partial charge in [0, 0.05) is 12.8 Å². The fraction of sp³-hybridized carbons (Fsp3) is 0.786. The second-order valence-corrected chi connectivity index (χ2v) is 9.47. The van der Waals surface area contributed by atoms with Gasteiger partial charge in [0.2, 0.25) is 0 Å². The van der Waals surface area contributed by atoms with Crippen LogP contribution in [0.15, 0.2) is 24.4 Å². The summed E-state index contributed by atoms with van der Waals surface area (Å²) in [5, 5.41) is 2.66. The molecular weight excluding hydrogens is 444 g/mol. The maximum absolute atomic E-state index is 11.8. The molecule has 1 aliphatic heterocycles. The van der Waals surface area contributed by atoms with E-state index in [1.807, 2.05) is 18.2 Å². The number of unbranched alkanes of at least 4 members (excludes halogenated alkanes) is 13. The Morgan fingerprint density at radius 1 is 0.943 bits per heavy atom. The number of hydrogen-bond donors (Lipinski definition) is 1. The lowest BCUT2D eigenvalue weighted by Gasteiger charge is -2.12. The molecule has 0 spiro atoms. The van der Waals surface area contributed by atoms with Crippen molar-refractivity contribution in [3.05, 3.63) is 30.1 Å². The Kier molecular flexibility index (Phi) is 17.3. The van der Waals surface area contributed by atoms with Crippen LogP contribution >= 0.6 is 0 Å². The van der Waals surface area contributed by atoms with Crippen LogP contribution in [-0.2, 0) is 25.5 Å². The molecule has 1 saturated heterocycles. The molecule has 1 aromatic heterocycles. The van der Waals surface area contributed by atoms with E-state index in [2.05, 4.69) is 17.2 Å². The van der Waals surface area contributed by atoms with E-state index in [4.69, 9.17) is 18.9 Å². The fourth-order valence-corrected chi connectivity index (χ4v) is 4.16. The summed E-state index contributed by atoms with van der Waals surface area (Å²) in [5.41, 5.74) is 0.772. The van der Waals surface area contributed by atoms with Gasteiger partial charge in [-0.05, 0) is 18.6 Å². The van der Waals surface area contributed by atoms with E-state index >= 15 is 0 Å². The Morgan fingerprint density at radius 2 is 1.60 bits per heavy atom. The number of nitrogens with zero attached hydrogens (tertiary/aromatic N) is 1. The lowest BCUT2D eigenvalue weighted by Crippen LogP contribution is -2.29. The number of pyridine rings is 1. The summed E-state index contributed by atoms with van der Waals surface area (Å²) in [6.45, 7) is 4.39. The number of carbonyl (C=O) groups is 1. The maximum atomic E-state index is 11.8. The second kappa shape index (κ2) is 20.5. The van der Waals surface area contributed by atoms with Crippen LogP contribution in [0.4, 0.5) is 4.79 Å². The smallest absolute Gasteiger partial charge is 0.407 e. The van der Waals surface area contributed by atoms with Gasteiger partial charge in [-0.15, -0.1) is 0 Å². The molecule has 2 unspecified atom stereocenters. The fourth-order valence-electron chi connectivity index (χ4n) is 4.16. The van der Waals surface area contributed by atoms with Crippen LogP contribution in [0.3, 0.4) is 0 Å². The molecule has 0 bridgehead atoms. The van der Waals surface area contributed by atoms with Crippen LogP contribution in [0.2, 0.25) is 0 Å². The molecule has 2 rings (SSSR count). The predicted molar refractivity (Wildman–Crippen MR) is 138 cm³/mol. The van der Waals surface area contributed by atoms with Crippen molar-refractivity contribution >= 4 is 6.09 Å². The quantitative estimate of drug-likeness (QED) is 0.196. The minimum Gasteiger partial charge on any atom is -0.444 e. The molecule has 0 radical (unpaired) electrons.